The Morgan fingerprint density at radius 1 is 0.960 bits per heavy atom. The van der Waals surface area contributed by atoms with Crippen molar-refractivity contribution in [2.24, 2.45) is 5.92 Å². The number of quaternary nitrogens is 1. The van der Waals surface area contributed by atoms with Gasteiger partial charge in [0, 0.05) is 12.2 Å². The molecule has 2 fully saturated rings. The molecule has 0 bridgehead atoms. The zero-order valence-corrected chi connectivity index (χ0v) is 14.8. The maximum absolute atomic E-state index is 12.4. The standard InChI is InChI=1S/C18H24N4O3/c1-14(2)12-21-16(23)17(24)22(18(21)25)13-19-8-10-20(11-9-19)15-6-4-3-5-7-15/h3-7,14H,8-13H2,1-2H3/p+1. The summed E-state index contributed by atoms with van der Waals surface area (Å²) in [6, 6.07) is 9.73. The molecule has 2 aliphatic rings. The van der Waals surface area contributed by atoms with Crippen molar-refractivity contribution in [3.05, 3.63) is 30.3 Å². The van der Waals surface area contributed by atoms with Gasteiger partial charge in [-0.15, -0.1) is 0 Å². The van der Waals surface area contributed by atoms with E-state index in [-0.39, 0.29) is 19.1 Å². The molecule has 1 N–H and O–H groups in total. The van der Waals surface area contributed by atoms with E-state index in [0.717, 1.165) is 40.9 Å². The molecule has 2 saturated heterocycles. The quantitative estimate of drug-likeness (QED) is 0.593. The first-order valence-electron chi connectivity index (χ1n) is 8.78. The Morgan fingerprint density at radius 2 is 1.56 bits per heavy atom. The van der Waals surface area contributed by atoms with Gasteiger partial charge < -0.3 is 9.80 Å². The number of piperazine rings is 1. The van der Waals surface area contributed by atoms with Crippen LogP contribution in [-0.2, 0) is 9.59 Å². The van der Waals surface area contributed by atoms with Gasteiger partial charge in [0.25, 0.3) is 0 Å². The molecular formula is C18H25N4O3+. The fourth-order valence-electron chi connectivity index (χ4n) is 3.32. The van der Waals surface area contributed by atoms with Crippen LogP contribution in [0.2, 0.25) is 0 Å². The SMILES string of the molecule is CC(C)CN1C(=O)C(=O)N(C[NH+]2CCN(c3ccccc3)CC2)C1=O. The number of para-hydroxylation sites is 1. The molecule has 0 aliphatic carbocycles. The lowest BCUT2D eigenvalue weighted by molar-refractivity contribution is -0.907. The van der Waals surface area contributed by atoms with Crippen LogP contribution in [0.4, 0.5) is 10.5 Å². The van der Waals surface area contributed by atoms with Crippen LogP contribution in [0.5, 0.6) is 0 Å². The molecule has 0 spiro atoms. The van der Waals surface area contributed by atoms with Gasteiger partial charge in [0.15, 0.2) is 6.67 Å². The van der Waals surface area contributed by atoms with Crippen molar-refractivity contribution in [2.45, 2.75) is 13.8 Å². The van der Waals surface area contributed by atoms with Gasteiger partial charge in [-0.25, -0.2) is 9.69 Å². The lowest BCUT2D eigenvalue weighted by atomic mass is 10.2. The summed E-state index contributed by atoms with van der Waals surface area (Å²) in [6.07, 6.45) is 0. The van der Waals surface area contributed by atoms with Crippen LogP contribution in [0.25, 0.3) is 0 Å². The minimum Gasteiger partial charge on any atom is -0.360 e. The Balaban J connectivity index is 1.58. The lowest BCUT2D eigenvalue weighted by Gasteiger charge is -2.34. The third-order valence-corrected chi connectivity index (χ3v) is 4.66. The van der Waals surface area contributed by atoms with E-state index in [2.05, 4.69) is 17.0 Å². The van der Waals surface area contributed by atoms with E-state index < -0.39 is 17.8 Å². The van der Waals surface area contributed by atoms with Crippen LogP contribution in [0.15, 0.2) is 30.3 Å². The molecular weight excluding hydrogens is 320 g/mol. The van der Waals surface area contributed by atoms with Crippen LogP contribution in [0.1, 0.15) is 13.8 Å². The van der Waals surface area contributed by atoms with Crippen LogP contribution >= 0.6 is 0 Å². The lowest BCUT2D eigenvalue weighted by Crippen LogP contribution is -3.16. The van der Waals surface area contributed by atoms with E-state index in [1.54, 1.807) is 0 Å². The maximum Gasteiger partial charge on any atom is 0.338 e. The number of carbonyl (C=O) groups is 3. The predicted octanol–water partition coefficient (Wildman–Crippen LogP) is -0.204. The average Bonchev–Trinajstić information content (AvgIpc) is 2.81. The smallest absolute Gasteiger partial charge is 0.338 e. The summed E-state index contributed by atoms with van der Waals surface area (Å²) in [5.41, 5.74) is 1.19. The predicted molar refractivity (Wildman–Crippen MR) is 93.0 cm³/mol. The van der Waals surface area contributed by atoms with E-state index in [1.165, 1.54) is 5.69 Å². The van der Waals surface area contributed by atoms with Crippen molar-refractivity contribution in [1.82, 2.24) is 9.80 Å². The molecule has 1 aromatic carbocycles. The summed E-state index contributed by atoms with van der Waals surface area (Å²) in [6.45, 7) is 7.76. The second-order valence-electron chi connectivity index (χ2n) is 7.06. The van der Waals surface area contributed by atoms with Gasteiger partial charge in [0.2, 0.25) is 0 Å². The van der Waals surface area contributed by atoms with Gasteiger partial charge in [-0.05, 0) is 18.1 Å². The highest BCUT2D eigenvalue weighted by Gasteiger charge is 2.46. The van der Waals surface area contributed by atoms with Crippen molar-refractivity contribution in [3.8, 4) is 0 Å². The minimum atomic E-state index is -0.693. The molecule has 0 unspecified atom stereocenters. The summed E-state index contributed by atoms with van der Waals surface area (Å²) in [5, 5.41) is 0. The molecule has 0 aromatic heterocycles. The molecule has 0 atom stereocenters. The summed E-state index contributed by atoms with van der Waals surface area (Å²) >= 11 is 0. The van der Waals surface area contributed by atoms with Gasteiger partial charge in [0.05, 0.1) is 26.2 Å². The number of rotatable bonds is 5. The number of amides is 4. The van der Waals surface area contributed by atoms with E-state index in [9.17, 15) is 14.4 Å². The number of anilines is 1. The third-order valence-electron chi connectivity index (χ3n) is 4.66. The maximum atomic E-state index is 12.4. The van der Waals surface area contributed by atoms with Gasteiger partial charge in [-0.3, -0.25) is 14.5 Å². The zero-order valence-electron chi connectivity index (χ0n) is 14.8. The highest BCUT2D eigenvalue weighted by molar-refractivity contribution is 6.44. The second kappa shape index (κ2) is 7.23. The van der Waals surface area contributed by atoms with Crippen molar-refractivity contribution in [3.63, 3.8) is 0 Å². The Kier molecular flexibility index (Phi) is 5.03. The fourth-order valence-corrected chi connectivity index (χ4v) is 3.32. The summed E-state index contributed by atoms with van der Waals surface area (Å²) in [4.78, 5) is 42.2. The number of urea groups is 1. The molecule has 3 rings (SSSR count). The molecule has 134 valence electrons. The van der Waals surface area contributed by atoms with E-state index >= 15 is 0 Å². The minimum absolute atomic E-state index is 0.141. The summed E-state index contributed by atoms with van der Waals surface area (Å²) < 4.78 is 0. The molecule has 25 heavy (non-hydrogen) atoms. The topological polar surface area (TPSA) is 65.4 Å². The first-order chi connectivity index (χ1) is 12.0. The van der Waals surface area contributed by atoms with Crippen molar-refractivity contribution >= 4 is 23.5 Å². The van der Waals surface area contributed by atoms with E-state index in [4.69, 9.17) is 0 Å². The fraction of sp³-hybridized carbons (Fsp3) is 0.500. The van der Waals surface area contributed by atoms with Gasteiger partial charge >= 0.3 is 17.8 Å². The van der Waals surface area contributed by atoms with Gasteiger partial charge in [-0.2, -0.15) is 0 Å². The molecule has 4 amide bonds. The largest absolute Gasteiger partial charge is 0.360 e. The Hall–Kier alpha value is -2.41. The van der Waals surface area contributed by atoms with E-state index in [0.29, 0.717) is 0 Å². The number of imide groups is 2. The zero-order chi connectivity index (χ0) is 18.0. The Morgan fingerprint density at radius 3 is 2.16 bits per heavy atom. The Bertz CT molecular complexity index is 654. The first-order valence-corrected chi connectivity index (χ1v) is 8.78. The molecule has 2 aliphatic heterocycles. The normalized spacial score (nSPS) is 19.5. The highest BCUT2D eigenvalue weighted by atomic mass is 16.2. The second-order valence-corrected chi connectivity index (χ2v) is 7.06. The molecule has 1 aromatic rings. The summed E-state index contributed by atoms with van der Waals surface area (Å²) in [5.74, 6) is -1.24. The van der Waals surface area contributed by atoms with Gasteiger partial charge in [-0.1, -0.05) is 32.0 Å². The number of benzene rings is 1. The van der Waals surface area contributed by atoms with E-state index in [1.807, 2.05) is 32.0 Å². The molecule has 2 heterocycles. The first kappa shape index (κ1) is 17.4. The number of nitrogens with zero attached hydrogens (tertiary/aromatic N) is 3. The van der Waals surface area contributed by atoms with Crippen molar-refractivity contribution in [2.75, 3.05) is 44.3 Å². The van der Waals surface area contributed by atoms with Gasteiger partial charge in [0.1, 0.15) is 0 Å². The van der Waals surface area contributed by atoms with Crippen LogP contribution in [0.3, 0.4) is 0 Å². The number of hydrogen-bond donors (Lipinski definition) is 1. The average molecular weight is 345 g/mol. The number of nitrogens with one attached hydrogen (secondary N) is 1. The van der Waals surface area contributed by atoms with Crippen LogP contribution < -0.4 is 9.80 Å². The Labute approximate surface area is 147 Å². The number of carbonyl (C=O) groups excluding carboxylic acids is 3. The highest BCUT2D eigenvalue weighted by Crippen LogP contribution is 2.14. The monoisotopic (exact) mass is 345 g/mol. The summed E-state index contributed by atoms with van der Waals surface area (Å²) in [7, 11) is 0. The number of hydrogen-bond acceptors (Lipinski definition) is 4. The molecule has 7 heteroatoms. The third kappa shape index (κ3) is 3.66. The van der Waals surface area contributed by atoms with Crippen LogP contribution in [0, 0.1) is 5.92 Å². The molecule has 7 nitrogen and oxygen atoms in total. The van der Waals surface area contributed by atoms with Crippen molar-refractivity contribution in [1.29, 1.82) is 0 Å². The van der Waals surface area contributed by atoms with Crippen molar-refractivity contribution < 1.29 is 19.3 Å². The molecule has 0 radical (unpaired) electrons. The molecule has 0 saturated carbocycles. The van der Waals surface area contributed by atoms with Crippen LogP contribution in [-0.4, -0.2) is 67.0 Å².